The van der Waals surface area contributed by atoms with E-state index in [-0.39, 0.29) is 24.0 Å². The van der Waals surface area contributed by atoms with Gasteiger partial charge >= 0.3 is 0 Å². The van der Waals surface area contributed by atoms with Crippen molar-refractivity contribution in [3.63, 3.8) is 0 Å². The topological polar surface area (TPSA) is 79.8 Å². The lowest BCUT2D eigenvalue weighted by Gasteiger charge is -2.13. The smallest absolute Gasteiger partial charge is 0.191 e. The molecule has 2 aromatic rings. The Morgan fingerprint density at radius 2 is 1.67 bits per heavy atom. The summed E-state index contributed by atoms with van der Waals surface area (Å²) >= 11 is 0. The van der Waals surface area contributed by atoms with E-state index >= 15 is 0 Å². The van der Waals surface area contributed by atoms with Crippen molar-refractivity contribution in [3.05, 3.63) is 59.7 Å². The highest BCUT2D eigenvalue weighted by atomic mass is 127. The first-order valence-electron chi connectivity index (χ1n) is 8.31. The number of aliphatic imine (C=N–C) groups is 1. The highest BCUT2D eigenvalue weighted by Crippen LogP contribution is 2.11. The summed E-state index contributed by atoms with van der Waals surface area (Å²) in [6, 6.07) is 14.7. The van der Waals surface area contributed by atoms with Crippen molar-refractivity contribution in [2.45, 2.75) is 18.4 Å². The number of sulfone groups is 1. The Hall–Kier alpha value is -1.81. The SMILES string of the molecule is CN=C(NCCOc1ccc(C)cc1)NCc1ccc(S(C)(=O)=O)cc1.I. The minimum absolute atomic E-state index is 0. The van der Waals surface area contributed by atoms with Gasteiger partial charge in [-0.15, -0.1) is 24.0 Å². The Morgan fingerprint density at radius 1 is 1.04 bits per heavy atom. The van der Waals surface area contributed by atoms with Gasteiger partial charge in [0.15, 0.2) is 15.8 Å². The fraction of sp³-hybridized carbons (Fsp3) is 0.316. The molecular formula is C19H26IN3O3S. The summed E-state index contributed by atoms with van der Waals surface area (Å²) in [5.74, 6) is 1.50. The Bertz CT molecular complexity index is 836. The van der Waals surface area contributed by atoms with Crippen molar-refractivity contribution >= 4 is 39.8 Å². The molecular weight excluding hydrogens is 477 g/mol. The summed E-state index contributed by atoms with van der Waals surface area (Å²) < 4.78 is 28.6. The first-order valence-corrected chi connectivity index (χ1v) is 10.2. The molecule has 0 spiro atoms. The molecule has 0 atom stereocenters. The fourth-order valence-electron chi connectivity index (χ4n) is 2.23. The van der Waals surface area contributed by atoms with Crippen LogP contribution < -0.4 is 15.4 Å². The number of halogens is 1. The molecule has 6 nitrogen and oxygen atoms in total. The molecule has 0 fully saturated rings. The molecule has 0 radical (unpaired) electrons. The lowest BCUT2D eigenvalue weighted by atomic mass is 10.2. The van der Waals surface area contributed by atoms with Crippen LogP contribution in [0.1, 0.15) is 11.1 Å². The minimum atomic E-state index is -3.17. The zero-order chi connectivity index (χ0) is 19.0. The standard InChI is InChI=1S/C19H25N3O3S.HI/c1-15-4-8-17(9-5-15)25-13-12-21-19(20-2)22-14-16-6-10-18(11-7-16)26(3,23)24;/h4-11H,12-14H2,1-3H3,(H2,20,21,22);1H. The summed E-state index contributed by atoms with van der Waals surface area (Å²) in [5, 5.41) is 6.36. The number of benzene rings is 2. The highest BCUT2D eigenvalue weighted by Gasteiger charge is 2.06. The van der Waals surface area contributed by atoms with Gasteiger partial charge in [0.2, 0.25) is 0 Å². The maximum Gasteiger partial charge on any atom is 0.191 e. The molecule has 0 saturated heterocycles. The quantitative estimate of drug-likeness (QED) is 0.263. The van der Waals surface area contributed by atoms with Crippen LogP contribution in [0.25, 0.3) is 0 Å². The van der Waals surface area contributed by atoms with Gasteiger partial charge < -0.3 is 15.4 Å². The van der Waals surface area contributed by atoms with Crippen LogP contribution >= 0.6 is 24.0 Å². The van der Waals surface area contributed by atoms with E-state index in [2.05, 4.69) is 15.6 Å². The Morgan fingerprint density at radius 3 is 2.22 bits per heavy atom. The van der Waals surface area contributed by atoms with Crippen LogP contribution in [-0.4, -0.2) is 40.8 Å². The minimum Gasteiger partial charge on any atom is -0.492 e. The fourth-order valence-corrected chi connectivity index (χ4v) is 2.86. The summed E-state index contributed by atoms with van der Waals surface area (Å²) in [7, 11) is -1.47. The number of hydrogen-bond acceptors (Lipinski definition) is 4. The van der Waals surface area contributed by atoms with Crippen molar-refractivity contribution in [3.8, 4) is 5.75 Å². The molecule has 0 aliphatic carbocycles. The van der Waals surface area contributed by atoms with Gasteiger partial charge in [-0.05, 0) is 36.8 Å². The van der Waals surface area contributed by atoms with Crippen LogP contribution in [0.5, 0.6) is 5.75 Å². The molecule has 0 saturated carbocycles. The molecule has 8 heteroatoms. The third-order valence-electron chi connectivity index (χ3n) is 3.72. The number of hydrogen-bond donors (Lipinski definition) is 2. The van der Waals surface area contributed by atoms with E-state index < -0.39 is 9.84 Å². The van der Waals surface area contributed by atoms with Gasteiger partial charge in [0, 0.05) is 19.8 Å². The lowest BCUT2D eigenvalue weighted by Crippen LogP contribution is -2.38. The number of ether oxygens (including phenoxy) is 1. The van der Waals surface area contributed by atoms with Crippen LogP contribution in [0.3, 0.4) is 0 Å². The van der Waals surface area contributed by atoms with E-state index in [1.165, 1.54) is 11.8 Å². The van der Waals surface area contributed by atoms with Gasteiger partial charge in [-0.3, -0.25) is 4.99 Å². The molecule has 0 bridgehead atoms. The molecule has 148 valence electrons. The molecule has 0 aliphatic heterocycles. The monoisotopic (exact) mass is 503 g/mol. The second-order valence-electron chi connectivity index (χ2n) is 5.93. The normalized spacial score (nSPS) is 11.4. The summed E-state index contributed by atoms with van der Waals surface area (Å²) in [6.07, 6.45) is 1.20. The molecule has 0 unspecified atom stereocenters. The summed E-state index contributed by atoms with van der Waals surface area (Å²) in [4.78, 5) is 4.48. The average molecular weight is 503 g/mol. The first-order chi connectivity index (χ1) is 12.4. The average Bonchev–Trinajstić information content (AvgIpc) is 2.62. The maximum absolute atomic E-state index is 11.5. The van der Waals surface area contributed by atoms with Crippen LogP contribution in [0, 0.1) is 6.92 Å². The molecule has 2 rings (SSSR count). The Kier molecular flexibility index (Phi) is 9.57. The maximum atomic E-state index is 11.5. The van der Waals surface area contributed by atoms with E-state index in [1.54, 1.807) is 31.3 Å². The Labute approximate surface area is 178 Å². The van der Waals surface area contributed by atoms with Crippen molar-refractivity contribution in [1.29, 1.82) is 0 Å². The second-order valence-corrected chi connectivity index (χ2v) is 7.95. The van der Waals surface area contributed by atoms with Crippen LogP contribution in [0.4, 0.5) is 0 Å². The van der Waals surface area contributed by atoms with Gasteiger partial charge in [-0.25, -0.2) is 8.42 Å². The number of nitrogens with one attached hydrogen (secondary N) is 2. The predicted octanol–water partition coefficient (Wildman–Crippen LogP) is 2.76. The van der Waals surface area contributed by atoms with Gasteiger partial charge in [0.1, 0.15) is 12.4 Å². The highest BCUT2D eigenvalue weighted by molar-refractivity contribution is 14.0. The number of guanidine groups is 1. The van der Waals surface area contributed by atoms with Gasteiger partial charge in [0.05, 0.1) is 11.4 Å². The van der Waals surface area contributed by atoms with Gasteiger partial charge in [-0.1, -0.05) is 29.8 Å². The van der Waals surface area contributed by atoms with Crippen molar-refractivity contribution in [1.82, 2.24) is 10.6 Å². The van der Waals surface area contributed by atoms with E-state index in [9.17, 15) is 8.42 Å². The van der Waals surface area contributed by atoms with E-state index in [4.69, 9.17) is 4.74 Å². The molecule has 2 aromatic carbocycles. The van der Waals surface area contributed by atoms with Crippen molar-refractivity contribution < 1.29 is 13.2 Å². The molecule has 0 aliphatic rings. The number of aryl methyl sites for hydroxylation is 1. The third-order valence-corrected chi connectivity index (χ3v) is 4.85. The molecule has 27 heavy (non-hydrogen) atoms. The van der Waals surface area contributed by atoms with Crippen LogP contribution in [0.15, 0.2) is 58.4 Å². The number of nitrogens with zero attached hydrogens (tertiary/aromatic N) is 1. The largest absolute Gasteiger partial charge is 0.492 e. The van der Waals surface area contributed by atoms with Crippen molar-refractivity contribution in [2.75, 3.05) is 26.5 Å². The molecule has 2 N–H and O–H groups in total. The van der Waals surface area contributed by atoms with Crippen LogP contribution in [-0.2, 0) is 16.4 Å². The zero-order valence-electron chi connectivity index (χ0n) is 15.7. The predicted molar refractivity (Wildman–Crippen MR) is 120 cm³/mol. The van der Waals surface area contributed by atoms with Crippen LogP contribution in [0.2, 0.25) is 0 Å². The summed E-state index contributed by atoms with van der Waals surface area (Å²) in [6.45, 7) is 3.71. The zero-order valence-corrected chi connectivity index (χ0v) is 18.9. The van der Waals surface area contributed by atoms with Gasteiger partial charge in [-0.2, -0.15) is 0 Å². The van der Waals surface area contributed by atoms with Gasteiger partial charge in [0.25, 0.3) is 0 Å². The lowest BCUT2D eigenvalue weighted by molar-refractivity contribution is 0.322. The molecule has 0 amide bonds. The molecule has 0 heterocycles. The Balaban J connectivity index is 0.00000364. The molecule has 0 aromatic heterocycles. The second kappa shape index (κ2) is 11.1. The summed E-state index contributed by atoms with van der Waals surface area (Å²) in [5.41, 5.74) is 2.17. The van der Waals surface area contributed by atoms with E-state index in [0.717, 1.165) is 11.3 Å². The number of rotatable bonds is 7. The first kappa shape index (κ1) is 23.2. The third kappa shape index (κ3) is 8.17. The van der Waals surface area contributed by atoms with Crippen molar-refractivity contribution in [2.24, 2.45) is 4.99 Å². The van der Waals surface area contributed by atoms with E-state index in [0.29, 0.717) is 30.6 Å². The van der Waals surface area contributed by atoms with E-state index in [1.807, 2.05) is 31.2 Å².